The van der Waals surface area contributed by atoms with Gasteiger partial charge in [-0.1, -0.05) is 12.1 Å². The summed E-state index contributed by atoms with van der Waals surface area (Å²) in [5, 5.41) is 3.61. The number of aryl methyl sites for hydroxylation is 4. The first kappa shape index (κ1) is 18.8. The molecule has 0 aliphatic rings. The van der Waals surface area contributed by atoms with Gasteiger partial charge in [0, 0.05) is 11.4 Å². The van der Waals surface area contributed by atoms with Crippen molar-refractivity contribution in [2.45, 2.75) is 32.9 Å². The van der Waals surface area contributed by atoms with E-state index in [0.29, 0.717) is 22.5 Å². The van der Waals surface area contributed by atoms with Gasteiger partial charge in [0.05, 0.1) is 18.4 Å². The van der Waals surface area contributed by atoms with E-state index in [1.165, 1.54) is 11.6 Å². The maximum Gasteiger partial charge on any atom is 0.340 e. The van der Waals surface area contributed by atoms with Crippen molar-refractivity contribution in [3.8, 4) is 0 Å². The van der Waals surface area contributed by atoms with Crippen molar-refractivity contribution >= 4 is 27.5 Å². The molecule has 0 amide bonds. The number of methoxy groups -OCH3 is 1. The van der Waals surface area contributed by atoms with Gasteiger partial charge in [0.15, 0.2) is 0 Å². The van der Waals surface area contributed by atoms with Crippen LogP contribution < -0.4 is 4.72 Å². The summed E-state index contributed by atoms with van der Waals surface area (Å²) in [6.07, 6.45) is 0. The number of ether oxygens (including phenoxy) is 1. The fourth-order valence-corrected chi connectivity index (χ4v) is 3.76. The van der Waals surface area contributed by atoms with E-state index in [2.05, 4.69) is 19.8 Å². The fraction of sp³-hybridized carbons (Fsp3) is 0.294. The first-order valence-corrected chi connectivity index (χ1v) is 9.54. The first-order chi connectivity index (χ1) is 12.6. The van der Waals surface area contributed by atoms with Gasteiger partial charge in [0.2, 0.25) is 0 Å². The summed E-state index contributed by atoms with van der Waals surface area (Å²) >= 11 is 0. The van der Waals surface area contributed by atoms with Gasteiger partial charge in [-0.25, -0.2) is 14.3 Å². The lowest BCUT2D eigenvalue weighted by molar-refractivity contribution is 0.0601. The molecule has 2 heterocycles. The predicted octanol–water partition coefficient (Wildman–Crippen LogP) is 1.95. The Morgan fingerprint density at radius 3 is 2.44 bits per heavy atom. The van der Waals surface area contributed by atoms with Crippen LogP contribution in [0.25, 0.3) is 5.78 Å². The second-order valence-corrected chi connectivity index (χ2v) is 7.77. The van der Waals surface area contributed by atoms with E-state index in [9.17, 15) is 13.2 Å². The molecule has 3 rings (SSSR count). The van der Waals surface area contributed by atoms with E-state index < -0.39 is 21.1 Å². The Labute approximate surface area is 156 Å². The molecule has 0 saturated carbocycles. The topological polar surface area (TPSA) is 116 Å². The Kier molecular flexibility index (Phi) is 4.60. The molecule has 0 aliphatic carbocycles. The number of benzene rings is 1. The molecule has 0 aliphatic heterocycles. The smallest absolute Gasteiger partial charge is 0.340 e. The quantitative estimate of drug-likeness (QED) is 0.678. The van der Waals surface area contributed by atoms with E-state index in [1.54, 1.807) is 45.9 Å². The summed E-state index contributed by atoms with van der Waals surface area (Å²) in [5.74, 6) is -0.452. The van der Waals surface area contributed by atoms with Gasteiger partial charge < -0.3 is 4.74 Å². The minimum absolute atomic E-state index is 0.140. The van der Waals surface area contributed by atoms with Gasteiger partial charge >= 0.3 is 5.97 Å². The van der Waals surface area contributed by atoms with Crippen molar-refractivity contribution in [1.29, 1.82) is 0 Å². The van der Waals surface area contributed by atoms with Crippen LogP contribution in [-0.2, 0) is 14.8 Å². The lowest BCUT2D eigenvalue weighted by Gasteiger charge is -2.14. The Balaban J connectivity index is 2.12. The highest BCUT2D eigenvalue weighted by Crippen LogP contribution is 2.27. The summed E-state index contributed by atoms with van der Waals surface area (Å²) in [4.78, 5) is 20.4. The number of nitrogens with zero attached hydrogens (tertiary/aromatic N) is 4. The van der Waals surface area contributed by atoms with Gasteiger partial charge in [-0.05, 0) is 44.9 Å². The number of sulfonamides is 1. The molecular weight excluding hydrogens is 370 g/mol. The third-order valence-electron chi connectivity index (χ3n) is 4.09. The third-order valence-corrected chi connectivity index (χ3v) is 5.21. The zero-order valence-corrected chi connectivity index (χ0v) is 16.4. The van der Waals surface area contributed by atoms with Crippen molar-refractivity contribution in [3.63, 3.8) is 0 Å². The number of esters is 1. The molecule has 0 atom stereocenters. The van der Waals surface area contributed by atoms with Crippen molar-refractivity contribution < 1.29 is 17.9 Å². The maximum absolute atomic E-state index is 12.9. The van der Waals surface area contributed by atoms with Crippen molar-refractivity contribution in [1.82, 2.24) is 19.6 Å². The fourth-order valence-electron chi connectivity index (χ4n) is 2.75. The largest absolute Gasteiger partial charge is 0.465 e. The molecule has 0 radical (unpaired) electrons. The van der Waals surface area contributed by atoms with E-state index in [4.69, 9.17) is 4.74 Å². The molecule has 0 unspecified atom stereocenters. The standard InChI is InChI=1S/C17H19N5O4S/c1-9-6-7-10(2)14(13(9)15(23)26-5)21-27(24,25)17-19-16-18-11(3)8-12(4)22(16)20-17/h6-8,21H,1-5H3. The van der Waals surface area contributed by atoms with Crippen molar-refractivity contribution in [2.75, 3.05) is 11.8 Å². The van der Waals surface area contributed by atoms with E-state index in [0.717, 1.165) is 0 Å². The predicted molar refractivity (Wildman–Crippen MR) is 98.3 cm³/mol. The molecule has 10 heteroatoms. The van der Waals surface area contributed by atoms with Crippen LogP contribution in [0.1, 0.15) is 32.9 Å². The zero-order chi connectivity index (χ0) is 19.9. The average Bonchev–Trinajstić information content (AvgIpc) is 3.03. The van der Waals surface area contributed by atoms with Crippen LogP contribution in [0.2, 0.25) is 0 Å². The lowest BCUT2D eigenvalue weighted by Crippen LogP contribution is -2.19. The van der Waals surface area contributed by atoms with Crippen LogP contribution in [0.5, 0.6) is 0 Å². The molecule has 0 spiro atoms. The molecule has 142 valence electrons. The number of hydrogen-bond donors (Lipinski definition) is 1. The summed E-state index contributed by atoms with van der Waals surface area (Å²) in [6.45, 7) is 6.95. The van der Waals surface area contributed by atoms with Crippen LogP contribution >= 0.6 is 0 Å². The normalized spacial score (nSPS) is 11.6. The number of hydrogen-bond acceptors (Lipinski definition) is 7. The molecule has 0 saturated heterocycles. The van der Waals surface area contributed by atoms with Crippen LogP contribution in [0.4, 0.5) is 5.69 Å². The Morgan fingerprint density at radius 1 is 1.11 bits per heavy atom. The SMILES string of the molecule is COC(=O)c1c(C)ccc(C)c1NS(=O)(=O)c1nc2nc(C)cc(C)n2n1. The number of anilines is 1. The lowest BCUT2D eigenvalue weighted by atomic mass is 10.0. The maximum atomic E-state index is 12.9. The van der Waals surface area contributed by atoms with Gasteiger partial charge in [0.1, 0.15) is 0 Å². The van der Waals surface area contributed by atoms with Gasteiger partial charge in [-0.3, -0.25) is 4.72 Å². The number of aromatic nitrogens is 4. The van der Waals surface area contributed by atoms with Crippen LogP contribution in [0.15, 0.2) is 23.4 Å². The molecule has 1 N–H and O–H groups in total. The Hall–Kier alpha value is -3.01. The van der Waals surface area contributed by atoms with Gasteiger partial charge in [-0.15, -0.1) is 5.10 Å². The summed E-state index contributed by atoms with van der Waals surface area (Å²) in [6, 6.07) is 5.20. The Bertz CT molecular complexity index is 1170. The number of fused-ring (bicyclic) bond motifs is 1. The Morgan fingerprint density at radius 2 is 1.78 bits per heavy atom. The summed E-state index contributed by atoms with van der Waals surface area (Å²) in [5.41, 5.74) is 2.84. The van der Waals surface area contributed by atoms with Crippen LogP contribution in [0, 0.1) is 27.7 Å². The second-order valence-electron chi connectivity index (χ2n) is 6.19. The summed E-state index contributed by atoms with van der Waals surface area (Å²) in [7, 11) is -2.91. The minimum atomic E-state index is -4.15. The molecular formula is C17H19N5O4S. The van der Waals surface area contributed by atoms with E-state index in [-0.39, 0.29) is 17.0 Å². The molecule has 9 nitrogen and oxygen atoms in total. The van der Waals surface area contributed by atoms with Crippen LogP contribution in [-0.4, -0.2) is 41.1 Å². The second kappa shape index (κ2) is 6.62. The molecule has 1 aromatic carbocycles. The number of rotatable bonds is 4. The average molecular weight is 389 g/mol. The summed E-state index contributed by atoms with van der Waals surface area (Å²) < 4.78 is 34.3. The van der Waals surface area contributed by atoms with Crippen molar-refractivity contribution in [2.24, 2.45) is 0 Å². The molecule has 3 aromatic rings. The van der Waals surface area contributed by atoms with Gasteiger partial charge in [0.25, 0.3) is 21.0 Å². The molecule has 0 fully saturated rings. The molecule has 0 bridgehead atoms. The van der Waals surface area contributed by atoms with Crippen LogP contribution in [0.3, 0.4) is 0 Å². The van der Waals surface area contributed by atoms with E-state index in [1.807, 2.05) is 0 Å². The minimum Gasteiger partial charge on any atom is -0.465 e. The number of carbonyl (C=O) groups is 1. The number of carbonyl (C=O) groups excluding carboxylic acids is 1. The monoisotopic (exact) mass is 389 g/mol. The first-order valence-electron chi connectivity index (χ1n) is 8.06. The van der Waals surface area contributed by atoms with Gasteiger partial charge in [-0.2, -0.15) is 13.4 Å². The number of nitrogens with one attached hydrogen (secondary N) is 1. The highest BCUT2D eigenvalue weighted by atomic mass is 32.2. The zero-order valence-electron chi connectivity index (χ0n) is 15.6. The highest BCUT2D eigenvalue weighted by molar-refractivity contribution is 7.92. The molecule has 27 heavy (non-hydrogen) atoms. The third kappa shape index (κ3) is 3.35. The molecule has 2 aromatic heterocycles. The van der Waals surface area contributed by atoms with Crippen molar-refractivity contribution in [3.05, 3.63) is 46.3 Å². The van der Waals surface area contributed by atoms with E-state index >= 15 is 0 Å². The highest BCUT2D eigenvalue weighted by Gasteiger charge is 2.26.